The molecule has 5 atom stereocenters. The average molecular weight is 603 g/mol. The largest absolute Gasteiger partial charge is 0.469 e. The zero-order valence-electron chi connectivity index (χ0n) is 29.0. The fraction of sp³-hybridized carbons (Fsp3) is 0.743. The molecule has 1 rings (SSSR count). The molecule has 1 aliphatic carbocycles. The fourth-order valence-electron chi connectivity index (χ4n) is 5.22. The highest BCUT2D eigenvalue weighted by Gasteiger charge is 2.58. The fourth-order valence-corrected chi connectivity index (χ4v) is 7.96. The number of allylic oxidation sites excluding steroid dienone is 3. The summed E-state index contributed by atoms with van der Waals surface area (Å²) < 4.78 is 19.8. The monoisotopic (exact) mass is 602 g/mol. The van der Waals surface area contributed by atoms with E-state index in [0.717, 1.165) is 24.8 Å². The van der Waals surface area contributed by atoms with Crippen molar-refractivity contribution in [1.82, 2.24) is 0 Å². The molecule has 0 aliphatic heterocycles. The standard InChI is InChI=1S/C35H62O4Si2/c1-16-18-20-21-22-23-25-35(26-30(27(3)28(35)4)39-41(14,15)34(8,9)10)31(32(36)37-11)29(24-19-17-2)38-40(12,13)33(5,6)7/h17,19,23,25,27,29-31H,4,20-22,24,26H2,1-3,5-15H3/b19-17?,25-23+/t27-,29+,30-,31+,35+/m0/s1. The van der Waals surface area contributed by atoms with Crippen LogP contribution < -0.4 is 0 Å². The molecule has 0 bridgehead atoms. The molecular formula is C35H62O4Si2. The molecule has 0 aromatic heterocycles. The maximum Gasteiger partial charge on any atom is 0.312 e. The molecule has 0 aromatic rings. The molecule has 0 radical (unpaired) electrons. The van der Waals surface area contributed by atoms with Gasteiger partial charge in [0.1, 0.15) is 0 Å². The van der Waals surface area contributed by atoms with E-state index in [1.807, 2.05) is 19.9 Å². The highest BCUT2D eigenvalue weighted by atomic mass is 28.4. The van der Waals surface area contributed by atoms with Gasteiger partial charge in [-0.25, -0.2) is 0 Å². The Bertz CT molecular complexity index is 1000. The van der Waals surface area contributed by atoms with Crippen LogP contribution in [-0.4, -0.2) is 41.9 Å². The molecule has 41 heavy (non-hydrogen) atoms. The highest BCUT2D eigenvalue weighted by molar-refractivity contribution is 6.74. The van der Waals surface area contributed by atoms with Gasteiger partial charge in [0.15, 0.2) is 16.6 Å². The molecule has 4 nitrogen and oxygen atoms in total. The van der Waals surface area contributed by atoms with Crippen molar-refractivity contribution in [2.45, 2.75) is 143 Å². The van der Waals surface area contributed by atoms with Gasteiger partial charge in [-0.05, 0) is 75.8 Å². The number of unbranched alkanes of at least 4 members (excludes halogenated alkanes) is 2. The first-order chi connectivity index (χ1) is 18.7. The summed E-state index contributed by atoms with van der Waals surface area (Å²) >= 11 is 0. The number of carbonyl (C=O) groups excluding carboxylic acids is 1. The minimum absolute atomic E-state index is 0.000873. The van der Waals surface area contributed by atoms with Gasteiger partial charge in [-0.3, -0.25) is 4.79 Å². The zero-order valence-corrected chi connectivity index (χ0v) is 31.0. The van der Waals surface area contributed by atoms with Crippen molar-refractivity contribution in [2.75, 3.05) is 7.11 Å². The summed E-state index contributed by atoms with van der Waals surface area (Å²) in [7, 11) is -2.80. The first kappa shape index (κ1) is 37.6. The van der Waals surface area contributed by atoms with Crippen LogP contribution in [0.3, 0.4) is 0 Å². The molecule has 0 amide bonds. The molecular weight excluding hydrogens is 541 g/mol. The van der Waals surface area contributed by atoms with Crippen LogP contribution in [0.4, 0.5) is 0 Å². The van der Waals surface area contributed by atoms with Crippen molar-refractivity contribution in [3.8, 4) is 11.8 Å². The van der Waals surface area contributed by atoms with E-state index in [0.29, 0.717) is 12.8 Å². The zero-order chi connectivity index (χ0) is 31.9. The van der Waals surface area contributed by atoms with Gasteiger partial charge in [0.25, 0.3) is 0 Å². The van der Waals surface area contributed by atoms with E-state index in [9.17, 15) is 4.79 Å². The second-order valence-corrected chi connectivity index (χ2v) is 24.4. The minimum atomic E-state index is -2.23. The third-order valence-corrected chi connectivity index (χ3v) is 19.0. The van der Waals surface area contributed by atoms with Crippen molar-refractivity contribution < 1.29 is 18.4 Å². The van der Waals surface area contributed by atoms with Gasteiger partial charge in [0.2, 0.25) is 0 Å². The van der Waals surface area contributed by atoms with Crippen LogP contribution in [0.15, 0.2) is 36.5 Å². The van der Waals surface area contributed by atoms with Crippen LogP contribution in [0, 0.1) is 29.1 Å². The number of esters is 1. The Hall–Kier alpha value is -1.40. The summed E-state index contributed by atoms with van der Waals surface area (Å²) in [4.78, 5) is 14.0. The van der Waals surface area contributed by atoms with Gasteiger partial charge < -0.3 is 13.6 Å². The summed E-state index contributed by atoms with van der Waals surface area (Å²) in [5, 5.41) is 0.0796. The van der Waals surface area contributed by atoms with Gasteiger partial charge in [-0.15, -0.1) is 11.8 Å². The highest BCUT2D eigenvalue weighted by Crippen LogP contribution is 2.57. The summed E-state index contributed by atoms with van der Waals surface area (Å²) in [6.45, 7) is 33.5. The predicted octanol–water partition coefficient (Wildman–Crippen LogP) is 9.85. The maximum absolute atomic E-state index is 14.0. The third-order valence-electron chi connectivity index (χ3n) is 10.00. The van der Waals surface area contributed by atoms with Crippen LogP contribution in [-0.2, 0) is 18.4 Å². The Kier molecular flexibility index (Phi) is 13.6. The van der Waals surface area contributed by atoms with E-state index >= 15 is 0 Å². The molecule has 234 valence electrons. The summed E-state index contributed by atoms with van der Waals surface area (Å²) in [5.74, 6) is 5.48. The molecule has 0 saturated heterocycles. The van der Waals surface area contributed by atoms with Crippen LogP contribution in [0.1, 0.15) is 94.4 Å². The maximum atomic E-state index is 14.0. The molecule has 0 unspecified atom stereocenters. The third kappa shape index (κ3) is 9.29. The van der Waals surface area contributed by atoms with Gasteiger partial charge >= 0.3 is 5.97 Å². The second-order valence-electron chi connectivity index (χ2n) is 14.9. The van der Waals surface area contributed by atoms with Crippen LogP contribution in [0.25, 0.3) is 0 Å². The van der Waals surface area contributed by atoms with Gasteiger partial charge in [-0.2, -0.15) is 0 Å². The summed E-state index contributed by atoms with van der Waals surface area (Å²) in [6.07, 6.45) is 12.4. The number of methoxy groups -OCH3 is 1. The van der Waals surface area contributed by atoms with Crippen LogP contribution in [0.5, 0.6) is 0 Å². The summed E-state index contributed by atoms with van der Waals surface area (Å²) in [6, 6.07) is 0. The number of hydrogen-bond donors (Lipinski definition) is 0. The predicted molar refractivity (Wildman–Crippen MR) is 181 cm³/mol. The number of carbonyl (C=O) groups is 1. The molecule has 1 aliphatic rings. The second kappa shape index (κ2) is 14.9. The molecule has 0 spiro atoms. The minimum Gasteiger partial charge on any atom is -0.469 e. The normalized spacial score (nSPS) is 24.0. The summed E-state index contributed by atoms with van der Waals surface area (Å²) in [5.41, 5.74) is 0.412. The van der Waals surface area contributed by atoms with Crippen molar-refractivity contribution in [3.63, 3.8) is 0 Å². The van der Waals surface area contributed by atoms with Crippen LogP contribution in [0.2, 0.25) is 36.3 Å². The van der Waals surface area contributed by atoms with E-state index in [1.54, 1.807) is 0 Å². The lowest BCUT2D eigenvalue weighted by molar-refractivity contribution is -0.153. The smallest absolute Gasteiger partial charge is 0.312 e. The van der Waals surface area contributed by atoms with Gasteiger partial charge in [0, 0.05) is 17.8 Å². The molecule has 0 heterocycles. The molecule has 1 saturated carbocycles. The van der Waals surface area contributed by atoms with E-state index in [2.05, 4.69) is 105 Å². The lowest BCUT2D eigenvalue weighted by Gasteiger charge is -2.45. The van der Waals surface area contributed by atoms with Crippen molar-refractivity contribution in [2.24, 2.45) is 17.3 Å². The number of hydrogen-bond acceptors (Lipinski definition) is 4. The lowest BCUT2D eigenvalue weighted by atomic mass is 9.67. The Morgan fingerprint density at radius 1 is 1.10 bits per heavy atom. The quantitative estimate of drug-likeness (QED) is 0.0692. The van der Waals surface area contributed by atoms with E-state index in [-0.39, 0.29) is 34.2 Å². The van der Waals surface area contributed by atoms with E-state index in [1.165, 1.54) is 7.11 Å². The Balaban J connectivity index is 3.81. The topological polar surface area (TPSA) is 44.8 Å². The van der Waals surface area contributed by atoms with Crippen molar-refractivity contribution >= 4 is 22.6 Å². The van der Waals surface area contributed by atoms with Gasteiger partial charge in [-0.1, -0.05) is 84.9 Å². The molecule has 0 N–H and O–H groups in total. The molecule has 1 fully saturated rings. The number of ether oxygens (including phenoxy) is 1. The Labute approximate surface area is 256 Å². The van der Waals surface area contributed by atoms with Crippen molar-refractivity contribution in [1.29, 1.82) is 0 Å². The first-order valence-electron chi connectivity index (χ1n) is 15.5. The van der Waals surface area contributed by atoms with Crippen molar-refractivity contribution in [3.05, 3.63) is 36.5 Å². The molecule has 6 heteroatoms. The van der Waals surface area contributed by atoms with Gasteiger partial charge in [0.05, 0.1) is 25.2 Å². The lowest BCUT2D eigenvalue weighted by Crippen LogP contribution is -2.51. The van der Waals surface area contributed by atoms with E-state index < -0.39 is 28.0 Å². The van der Waals surface area contributed by atoms with E-state index in [4.69, 9.17) is 20.2 Å². The SMILES string of the molecule is C=C1[C@H](C)[C@@H](O[Si](C)(C)C(C)(C)C)C[C@@]1(/C=C/CCCC#CC)[C@@H](C(=O)OC)[C@@H](CC=CC)O[Si](C)(C)C(C)(C)C. The average Bonchev–Trinajstić information content (AvgIpc) is 3.07. The Morgan fingerprint density at radius 2 is 1.68 bits per heavy atom. The Morgan fingerprint density at radius 3 is 2.17 bits per heavy atom. The first-order valence-corrected chi connectivity index (χ1v) is 21.3. The number of rotatable bonds is 13. The van der Waals surface area contributed by atoms with Crippen LogP contribution >= 0.6 is 0 Å². The molecule has 0 aromatic carbocycles.